The lowest BCUT2D eigenvalue weighted by atomic mass is 10.1. The van der Waals surface area contributed by atoms with E-state index in [4.69, 9.17) is 0 Å². The normalized spacial score (nSPS) is 11.7. The van der Waals surface area contributed by atoms with Crippen LogP contribution < -0.4 is 0 Å². The fourth-order valence-electron chi connectivity index (χ4n) is 1.80. The number of nitro groups is 2. The monoisotopic (exact) mass is 324 g/mol. The topological polar surface area (TPSA) is 86.3 Å². The third kappa shape index (κ3) is 5.34. The Balaban J connectivity index is 3.43. The lowest BCUT2D eigenvalue weighted by Gasteiger charge is -2.02. The maximum Gasteiger partial charge on any atom is 0.277 e. The highest BCUT2D eigenvalue weighted by molar-refractivity contribution is 5.73. The molecular weight excluding hydrogens is 308 g/mol. The van der Waals surface area contributed by atoms with Gasteiger partial charge < -0.3 is 0 Å². The van der Waals surface area contributed by atoms with Crippen LogP contribution >= 0.6 is 0 Å². The van der Waals surface area contributed by atoms with Crippen molar-refractivity contribution >= 4 is 23.5 Å². The number of benzene rings is 1. The molecule has 1 aromatic carbocycles. The molecule has 1 aromatic rings. The third-order valence-corrected chi connectivity index (χ3v) is 2.84. The van der Waals surface area contributed by atoms with Crippen molar-refractivity contribution in [2.24, 2.45) is 0 Å². The molecule has 122 valence electrons. The van der Waals surface area contributed by atoms with Crippen molar-refractivity contribution in [3.8, 4) is 0 Å². The van der Waals surface area contributed by atoms with E-state index in [1.54, 1.807) is 48.6 Å². The number of hydrogen-bond donors (Lipinski definition) is 0. The number of nitrogens with zero attached hydrogens (tertiary/aromatic N) is 2. The summed E-state index contributed by atoms with van der Waals surface area (Å²) in [5.74, 6) is 0. The van der Waals surface area contributed by atoms with E-state index in [9.17, 15) is 20.2 Å². The summed E-state index contributed by atoms with van der Waals surface area (Å²) in [5, 5.41) is 22.5. The summed E-state index contributed by atoms with van der Waals surface area (Å²) in [4.78, 5) is 21.3. The van der Waals surface area contributed by atoms with Gasteiger partial charge in [-0.1, -0.05) is 61.8 Å². The number of hydrogen-bond acceptors (Lipinski definition) is 4. The maximum atomic E-state index is 11.2. The first kappa shape index (κ1) is 18.5. The second-order valence-corrected chi connectivity index (χ2v) is 4.44. The molecule has 0 spiro atoms. The first-order valence-electron chi connectivity index (χ1n) is 6.89. The van der Waals surface area contributed by atoms with Gasteiger partial charge in [-0.3, -0.25) is 20.2 Å². The summed E-state index contributed by atoms with van der Waals surface area (Å²) in [7, 11) is 0. The lowest BCUT2D eigenvalue weighted by Crippen LogP contribution is -1.97. The Morgan fingerprint density at radius 2 is 1.08 bits per heavy atom. The summed E-state index contributed by atoms with van der Waals surface area (Å²) < 4.78 is 0. The molecule has 0 radical (unpaired) electrons. The van der Waals surface area contributed by atoms with Crippen molar-refractivity contribution < 1.29 is 9.85 Å². The van der Waals surface area contributed by atoms with E-state index in [1.165, 1.54) is 24.3 Å². The molecule has 0 saturated carbocycles. The van der Waals surface area contributed by atoms with Gasteiger partial charge in [0, 0.05) is 12.1 Å². The molecule has 6 nitrogen and oxygen atoms in total. The van der Waals surface area contributed by atoms with Crippen LogP contribution in [0.2, 0.25) is 0 Å². The maximum absolute atomic E-state index is 11.2. The van der Waals surface area contributed by atoms with Crippen LogP contribution in [0.1, 0.15) is 11.1 Å². The second-order valence-electron chi connectivity index (χ2n) is 4.44. The van der Waals surface area contributed by atoms with Crippen molar-refractivity contribution in [2.75, 3.05) is 0 Å². The van der Waals surface area contributed by atoms with Gasteiger partial charge >= 0.3 is 0 Å². The van der Waals surface area contributed by atoms with Gasteiger partial charge in [-0.25, -0.2) is 0 Å². The van der Waals surface area contributed by atoms with Crippen molar-refractivity contribution in [2.45, 2.75) is 0 Å². The summed E-state index contributed by atoms with van der Waals surface area (Å²) >= 11 is 0. The molecule has 24 heavy (non-hydrogen) atoms. The Morgan fingerprint density at radius 3 is 1.38 bits per heavy atom. The lowest BCUT2D eigenvalue weighted by molar-refractivity contribution is -0.389. The van der Waals surface area contributed by atoms with E-state index in [0.29, 0.717) is 0 Å². The van der Waals surface area contributed by atoms with Gasteiger partial charge in [0.1, 0.15) is 0 Å². The predicted octanol–water partition coefficient (Wildman–Crippen LogP) is 5.01. The molecular formula is C18H16N2O4. The van der Waals surface area contributed by atoms with E-state index in [-0.39, 0.29) is 22.5 Å². The Bertz CT molecular complexity index is 706. The molecule has 0 fully saturated rings. The molecule has 6 heteroatoms. The van der Waals surface area contributed by atoms with Gasteiger partial charge in [0.05, 0.1) is 21.0 Å². The van der Waals surface area contributed by atoms with E-state index in [1.807, 2.05) is 0 Å². The van der Waals surface area contributed by atoms with Gasteiger partial charge in [0.2, 0.25) is 0 Å². The quantitative estimate of drug-likeness (QED) is 0.382. The van der Waals surface area contributed by atoms with Crippen molar-refractivity contribution in [1.82, 2.24) is 0 Å². The summed E-state index contributed by atoms with van der Waals surface area (Å²) in [5.41, 5.74) is -0.120. The first-order chi connectivity index (χ1) is 11.5. The third-order valence-electron chi connectivity index (χ3n) is 2.84. The Hall–Kier alpha value is -3.54. The molecule has 0 saturated heterocycles. The molecule has 0 N–H and O–H groups in total. The Morgan fingerprint density at radius 1 is 0.708 bits per heavy atom. The average Bonchev–Trinajstić information content (AvgIpc) is 2.55. The molecule has 0 bridgehead atoms. The van der Waals surface area contributed by atoms with E-state index < -0.39 is 9.85 Å². The minimum absolute atomic E-state index is 0.152. The molecule has 0 aliphatic carbocycles. The van der Waals surface area contributed by atoms with Crippen LogP contribution in [0, 0.1) is 20.2 Å². The predicted molar refractivity (Wildman–Crippen MR) is 96.5 cm³/mol. The van der Waals surface area contributed by atoms with Gasteiger partial charge in [-0.2, -0.15) is 0 Å². The van der Waals surface area contributed by atoms with Crippen LogP contribution in [0.25, 0.3) is 12.2 Å². The number of rotatable bonds is 8. The molecule has 0 amide bonds. The Labute approximate surface area is 139 Å². The number of allylic oxidation sites excluding steroid dienone is 8. The van der Waals surface area contributed by atoms with E-state index >= 15 is 0 Å². The molecule has 0 atom stereocenters. The van der Waals surface area contributed by atoms with E-state index in [0.717, 1.165) is 0 Å². The first-order valence-corrected chi connectivity index (χ1v) is 6.89. The minimum Gasteiger partial charge on any atom is -0.258 e. The largest absolute Gasteiger partial charge is 0.277 e. The highest BCUT2D eigenvalue weighted by Crippen LogP contribution is 2.30. The molecule has 0 aromatic heterocycles. The van der Waals surface area contributed by atoms with Crippen LogP contribution in [0.3, 0.4) is 0 Å². The highest BCUT2D eigenvalue weighted by atomic mass is 16.6. The zero-order valence-electron chi connectivity index (χ0n) is 12.9. The zero-order chi connectivity index (χ0) is 17.9. The molecule has 0 aliphatic rings. The minimum atomic E-state index is -0.572. The zero-order valence-corrected chi connectivity index (χ0v) is 12.9. The molecule has 1 rings (SSSR count). The highest BCUT2D eigenvalue weighted by Gasteiger charge is 2.21. The SMILES string of the molecule is C=C/C=C/C=C/c1cc([N+](=O)[O-])c(/C=C/C=C/C=C)cc1[N+](=O)[O-]. The van der Waals surface area contributed by atoms with Gasteiger partial charge in [-0.15, -0.1) is 0 Å². The van der Waals surface area contributed by atoms with Gasteiger partial charge in [-0.05, 0) is 12.2 Å². The second kappa shape index (κ2) is 9.47. The number of nitro benzene ring substituents is 2. The van der Waals surface area contributed by atoms with Gasteiger partial charge in [0.15, 0.2) is 0 Å². The summed E-state index contributed by atoms with van der Waals surface area (Å²) in [6, 6.07) is 2.38. The van der Waals surface area contributed by atoms with Crippen molar-refractivity contribution in [3.05, 3.63) is 105 Å². The summed E-state index contributed by atoms with van der Waals surface area (Å²) in [6.45, 7) is 7.01. The summed E-state index contributed by atoms with van der Waals surface area (Å²) in [6.07, 6.45) is 15.6. The van der Waals surface area contributed by atoms with Crippen molar-refractivity contribution in [3.63, 3.8) is 0 Å². The van der Waals surface area contributed by atoms with E-state index in [2.05, 4.69) is 13.2 Å². The van der Waals surface area contributed by atoms with Crippen molar-refractivity contribution in [1.29, 1.82) is 0 Å². The van der Waals surface area contributed by atoms with Crippen LogP contribution in [-0.2, 0) is 0 Å². The van der Waals surface area contributed by atoms with Crippen LogP contribution in [-0.4, -0.2) is 9.85 Å². The smallest absolute Gasteiger partial charge is 0.258 e. The van der Waals surface area contributed by atoms with Gasteiger partial charge in [0.25, 0.3) is 11.4 Å². The fourth-order valence-corrected chi connectivity index (χ4v) is 1.80. The average molecular weight is 324 g/mol. The Kier molecular flexibility index (Phi) is 7.30. The molecule has 0 aliphatic heterocycles. The van der Waals surface area contributed by atoms with Crippen LogP contribution in [0.15, 0.2) is 73.9 Å². The van der Waals surface area contributed by atoms with Crippen LogP contribution in [0.4, 0.5) is 11.4 Å². The molecule has 0 heterocycles. The standard InChI is InChI=1S/C18H16N2O4/c1-3-5-7-9-11-15-13-18(20(23)24)16(12-10-8-6-4-2)14-17(15)19(21)22/h3-14H,1-2H2/b7-5+,8-6+,11-9+,12-10+. The fraction of sp³-hybridized carbons (Fsp3) is 0. The van der Waals surface area contributed by atoms with Crippen LogP contribution in [0.5, 0.6) is 0 Å². The molecule has 0 unspecified atom stereocenters.